The van der Waals surface area contributed by atoms with Crippen molar-refractivity contribution in [2.24, 2.45) is 5.73 Å². The van der Waals surface area contributed by atoms with Crippen LogP contribution in [-0.4, -0.2) is 34.0 Å². The Hall–Kier alpha value is -3.33. The van der Waals surface area contributed by atoms with Gasteiger partial charge < -0.3 is 21.5 Å². The highest BCUT2D eigenvalue weighted by Crippen LogP contribution is 2.37. The average Bonchev–Trinajstić information content (AvgIpc) is 2.62. The summed E-state index contributed by atoms with van der Waals surface area (Å²) in [4.78, 5) is 47.2. The molecule has 0 aromatic heterocycles. The lowest BCUT2D eigenvalue weighted by atomic mass is 10.2. The summed E-state index contributed by atoms with van der Waals surface area (Å²) >= 11 is 1.14. The molecule has 0 radical (unpaired) electrons. The van der Waals surface area contributed by atoms with E-state index < -0.39 is 17.1 Å². The molecule has 2 aromatic carbocycles. The monoisotopic (exact) mass is 385 g/mol. The number of carboxylic acids is 1. The number of benzene rings is 2. The number of carboxylic acid groups (broad SMARTS) is 1. The predicted octanol–water partition coefficient (Wildman–Crippen LogP) is 1.93. The molecule has 0 saturated carbocycles. The van der Waals surface area contributed by atoms with Crippen molar-refractivity contribution in [1.82, 2.24) is 0 Å². The van der Waals surface area contributed by atoms with Crippen molar-refractivity contribution in [3.05, 3.63) is 53.6 Å². The molecule has 1 aliphatic rings. The molecule has 0 bridgehead atoms. The molecule has 0 aliphatic carbocycles. The summed E-state index contributed by atoms with van der Waals surface area (Å²) < 4.78 is 0. The number of fused-ring (bicyclic) bond motifs is 1. The first kappa shape index (κ1) is 18.5. The van der Waals surface area contributed by atoms with Crippen molar-refractivity contribution in [3.8, 4) is 0 Å². The molecular formula is C18H15N3O5S. The molecule has 5 N–H and O–H groups in total. The van der Waals surface area contributed by atoms with Gasteiger partial charge in [0.25, 0.3) is 0 Å². The van der Waals surface area contributed by atoms with Crippen LogP contribution in [0.25, 0.3) is 0 Å². The molecule has 1 unspecified atom stereocenters. The summed E-state index contributed by atoms with van der Waals surface area (Å²) in [5.41, 5.74) is 6.58. The first-order valence-corrected chi connectivity index (χ1v) is 8.76. The second-order valence-corrected chi connectivity index (χ2v) is 7.05. The van der Waals surface area contributed by atoms with Gasteiger partial charge in [-0.25, -0.2) is 4.79 Å². The zero-order valence-electron chi connectivity index (χ0n) is 13.9. The van der Waals surface area contributed by atoms with Crippen LogP contribution < -0.4 is 16.4 Å². The van der Waals surface area contributed by atoms with Gasteiger partial charge in [-0.3, -0.25) is 14.4 Å². The first-order chi connectivity index (χ1) is 12.8. The minimum atomic E-state index is -1.07. The lowest BCUT2D eigenvalue weighted by Crippen LogP contribution is -2.32. The molecule has 2 aromatic rings. The number of carbonyl (C=O) groups is 4. The Morgan fingerprint density at radius 2 is 1.78 bits per heavy atom. The number of nitrogens with two attached hydrogens (primary N) is 1. The predicted molar refractivity (Wildman–Crippen MR) is 99.9 cm³/mol. The van der Waals surface area contributed by atoms with Crippen LogP contribution in [-0.2, 0) is 9.59 Å². The maximum absolute atomic E-state index is 12.2. The van der Waals surface area contributed by atoms with Gasteiger partial charge in [-0.1, -0.05) is 0 Å². The van der Waals surface area contributed by atoms with Gasteiger partial charge in [-0.05, 0) is 42.5 Å². The number of amides is 3. The third kappa shape index (κ3) is 4.26. The molecule has 3 rings (SSSR count). The SMILES string of the molecule is NC(=O)c1ccc(NC(=O)CC2Sc3cc(C(=O)O)ccc3NC2=O)cc1. The van der Waals surface area contributed by atoms with E-state index >= 15 is 0 Å². The molecule has 8 nitrogen and oxygen atoms in total. The van der Waals surface area contributed by atoms with E-state index in [9.17, 15) is 19.2 Å². The summed E-state index contributed by atoms with van der Waals surface area (Å²) in [6, 6.07) is 10.5. The minimum Gasteiger partial charge on any atom is -0.478 e. The van der Waals surface area contributed by atoms with Crippen LogP contribution in [0.5, 0.6) is 0 Å². The van der Waals surface area contributed by atoms with Crippen LogP contribution in [0.2, 0.25) is 0 Å². The summed E-state index contributed by atoms with van der Waals surface area (Å²) in [5.74, 6) is -2.34. The topological polar surface area (TPSA) is 139 Å². The fourth-order valence-corrected chi connectivity index (χ4v) is 3.66. The highest BCUT2D eigenvalue weighted by molar-refractivity contribution is 8.01. The Kier molecular flexibility index (Phi) is 5.13. The Morgan fingerprint density at radius 3 is 2.41 bits per heavy atom. The number of rotatable bonds is 5. The van der Waals surface area contributed by atoms with Gasteiger partial charge >= 0.3 is 5.97 Å². The van der Waals surface area contributed by atoms with Gasteiger partial charge in [0.2, 0.25) is 17.7 Å². The first-order valence-electron chi connectivity index (χ1n) is 7.88. The van der Waals surface area contributed by atoms with Crippen molar-refractivity contribution in [2.75, 3.05) is 10.6 Å². The van der Waals surface area contributed by atoms with Gasteiger partial charge in [0.1, 0.15) is 0 Å². The maximum Gasteiger partial charge on any atom is 0.335 e. The molecule has 0 fully saturated rings. The van der Waals surface area contributed by atoms with Crippen molar-refractivity contribution < 1.29 is 24.3 Å². The Labute approximate surface area is 158 Å². The molecule has 1 heterocycles. The standard InChI is InChI=1S/C18H15N3O5S/c19-16(23)9-1-4-11(5-2-9)20-15(22)8-14-17(24)21-12-6-3-10(18(25)26)7-13(12)27-14/h1-7,14H,8H2,(H2,19,23)(H,20,22)(H,21,24)(H,25,26). The van der Waals surface area contributed by atoms with E-state index in [2.05, 4.69) is 10.6 Å². The van der Waals surface area contributed by atoms with E-state index in [0.717, 1.165) is 11.8 Å². The molecule has 0 saturated heterocycles. The highest BCUT2D eigenvalue weighted by Gasteiger charge is 2.29. The number of aromatic carboxylic acids is 1. The lowest BCUT2D eigenvalue weighted by Gasteiger charge is -2.24. The van der Waals surface area contributed by atoms with Crippen molar-refractivity contribution in [1.29, 1.82) is 0 Å². The fraction of sp³-hybridized carbons (Fsp3) is 0.111. The molecule has 1 aliphatic heterocycles. The van der Waals surface area contributed by atoms with Gasteiger partial charge in [0.05, 0.1) is 16.5 Å². The fourth-order valence-electron chi connectivity index (χ4n) is 2.51. The van der Waals surface area contributed by atoms with E-state index in [4.69, 9.17) is 10.8 Å². The quantitative estimate of drug-likeness (QED) is 0.620. The third-order valence-corrected chi connectivity index (χ3v) is 5.13. The normalized spacial score (nSPS) is 15.4. The van der Waals surface area contributed by atoms with Crippen molar-refractivity contribution in [2.45, 2.75) is 16.6 Å². The summed E-state index contributed by atoms with van der Waals surface area (Å²) in [7, 11) is 0. The number of carbonyl (C=O) groups excluding carboxylic acids is 3. The average molecular weight is 385 g/mol. The van der Waals surface area contributed by atoms with Gasteiger partial charge in [0, 0.05) is 22.6 Å². The van der Waals surface area contributed by atoms with E-state index in [1.807, 2.05) is 0 Å². The summed E-state index contributed by atoms with van der Waals surface area (Å²) in [6.45, 7) is 0. The molecule has 1 atom stereocenters. The molecule has 138 valence electrons. The number of hydrogen-bond donors (Lipinski definition) is 4. The summed E-state index contributed by atoms with van der Waals surface area (Å²) in [5, 5.41) is 13.7. The Balaban J connectivity index is 1.67. The molecule has 3 amide bonds. The molecule has 27 heavy (non-hydrogen) atoms. The van der Waals surface area contributed by atoms with Crippen LogP contribution in [0.15, 0.2) is 47.4 Å². The van der Waals surface area contributed by atoms with E-state index in [1.165, 1.54) is 30.3 Å². The Morgan fingerprint density at radius 1 is 1.11 bits per heavy atom. The number of thioether (sulfide) groups is 1. The zero-order valence-corrected chi connectivity index (χ0v) is 14.7. The van der Waals surface area contributed by atoms with E-state index in [0.29, 0.717) is 21.8 Å². The minimum absolute atomic E-state index is 0.0925. The van der Waals surface area contributed by atoms with Crippen LogP contribution in [0.3, 0.4) is 0 Å². The second kappa shape index (κ2) is 7.50. The largest absolute Gasteiger partial charge is 0.478 e. The second-order valence-electron chi connectivity index (χ2n) is 5.81. The van der Waals surface area contributed by atoms with Crippen molar-refractivity contribution in [3.63, 3.8) is 0 Å². The van der Waals surface area contributed by atoms with Crippen molar-refractivity contribution >= 4 is 46.8 Å². The number of hydrogen-bond acceptors (Lipinski definition) is 5. The van der Waals surface area contributed by atoms with Crippen LogP contribution >= 0.6 is 11.8 Å². The smallest absolute Gasteiger partial charge is 0.335 e. The van der Waals surface area contributed by atoms with E-state index in [-0.39, 0.29) is 23.8 Å². The van der Waals surface area contributed by atoms with Crippen LogP contribution in [0.4, 0.5) is 11.4 Å². The molecule has 9 heteroatoms. The number of nitrogens with one attached hydrogen (secondary N) is 2. The summed E-state index contributed by atoms with van der Waals surface area (Å²) in [6.07, 6.45) is -0.0925. The molecular weight excluding hydrogens is 370 g/mol. The Bertz CT molecular complexity index is 943. The van der Waals surface area contributed by atoms with Crippen LogP contribution in [0, 0.1) is 0 Å². The van der Waals surface area contributed by atoms with E-state index in [1.54, 1.807) is 12.1 Å². The lowest BCUT2D eigenvalue weighted by molar-refractivity contribution is -0.120. The zero-order chi connectivity index (χ0) is 19.6. The highest BCUT2D eigenvalue weighted by atomic mass is 32.2. The maximum atomic E-state index is 12.2. The number of primary amides is 1. The van der Waals surface area contributed by atoms with Crippen LogP contribution in [0.1, 0.15) is 27.1 Å². The van der Waals surface area contributed by atoms with Gasteiger partial charge in [-0.15, -0.1) is 11.8 Å². The third-order valence-electron chi connectivity index (χ3n) is 3.87. The molecule has 0 spiro atoms. The van der Waals surface area contributed by atoms with Gasteiger partial charge in [0.15, 0.2) is 0 Å². The number of anilines is 2. The van der Waals surface area contributed by atoms with Gasteiger partial charge in [-0.2, -0.15) is 0 Å².